The van der Waals surface area contributed by atoms with E-state index in [1.54, 1.807) is 60.9 Å². The molecule has 1 heterocycles. The van der Waals surface area contributed by atoms with Crippen LogP contribution in [0.25, 0.3) is 0 Å². The Morgan fingerprint density at radius 1 is 1.00 bits per heavy atom. The zero-order valence-corrected chi connectivity index (χ0v) is 15.6. The van der Waals surface area contributed by atoms with Gasteiger partial charge in [0.15, 0.2) is 0 Å². The molecule has 2 aromatic carbocycles. The van der Waals surface area contributed by atoms with Gasteiger partial charge in [-0.25, -0.2) is 0 Å². The Morgan fingerprint density at radius 3 is 2.44 bits per heavy atom. The minimum Gasteiger partial charge on any atom is -0.506 e. The fourth-order valence-corrected chi connectivity index (χ4v) is 2.54. The average Bonchev–Trinajstić information content (AvgIpc) is 2.63. The van der Waals surface area contributed by atoms with Crippen molar-refractivity contribution >= 4 is 11.6 Å². The number of carbonyl (C=O) groups is 1. The van der Waals surface area contributed by atoms with Crippen LogP contribution in [-0.4, -0.2) is 16.0 Å². The number of hydrogen-bond acceptors (Lipinski definition) is 4. The molecule has 3 rings (SSSR count). The first kappa shape index (κ1) is 18.5. The quantitative estimate of drug-likeness (QED) is 0.631. The van der Waals surface area contributed by atoms with E-state index >= 15 is 0 Å². The van der Waals surface area contributed by atoms with Crippen molar-refractivity contribution in [3.63, 3.8) is 0 Å². The van der Waals surface area contributed by atoms with Crippen LogP contribution in [0, 0.1) is 0 Å². The van der Waals surface area contributed by atoms with Crippen molar-refractivity contribution in [1.82, 2.24) is 4.98 Å². The summed E-state index contributed by atoms with van der Waals surface area (Å²) in [6.07, 6.45) is 3.27. The number of nitrogens with zero attached hydrogens (tertiary/aromatic N) is 1. The van der Waals surface area contributed by atoms with E-state index in [1.165, 1.54) is 0 Å². The zero-order chi connectivity index (χ0) is 19.4. The topological polar surface area (TPSA) is 71.5 Å². The van der Waals surface area contributed by atoms with Crippen LogP contribution in [-0.2, 0) is 5.41 Å². The van der Waals surface area contributed by atoms with E-state index in [2.05, 4.69) is 31.1 Å². The molecular formula is C22H22N2O3. The highest BCUT2D eigenvalue weighted by Gasteiger charge is 2.17. The Bertz CT molecular complexity index is 947. The standard InChI is InChI=1S/C22H22N2O3/c1-22(2,3)16-7-8-20(25)19(14-16)24-21(26)15-5-4-6-18(13-15)27-17-9-11-23-12-10-17/h4-14,25H,1-3H3,(H,24,26). The van der Waals surface area contributed by atoms with Crippen LogP contribution in [0.1, 0.15) is 36.7 Å². The van der Waals surface area contributed by atoms with E-state index in [-0.39, 0.29) is 17.1 Å². The van der Waals surface area contributed by atoms with E-state index in [1.807, 2.05) is 6.07 Å². The Labute approximate surface area is 158 Å². The number of aromatic hydroxyl groups is 1. The molecule has 0 aliphatic heterocycles. The molecule has 0 atom stereocenters. The lowest BCUT2D eigenvalue weighted by molar-refractivity contribution is 0.102. The lowest BCUT2D eigenvalue weighted by Gasteiger charge is -2.20. The van der Waals surface area contributed by atoms with Crippen LogP contribution in [0.15, 0.2) is 67.0 Å². The van der Waals surface area contributed by atoms with Crippen molar-refractivity contribution in [1.29, 1.82) is 0 Å². The molecule has 0 bridgehead atoms. The number of nitrogens with one attached hydrogen (secondary N) is 1. The molecule has 1 aromatic heterocycles. The summed E-state index contributed by atoms with van der Waals surface area (Å²) in [5.41, 5.74) is 1.74. The first-order valence-electron chi connectivity index (χ1n) is 8.66. The van der Waals surface area contributed by atoms with Gasteiger partial charge in [-0.3, -0.25) is 9.78 Å². The number of phenols is 1. The van der Waals surface area contributed by atoms with Crippen LogP contribution >= 0.6 is 0 Å². The highest BCUT2D eigenvalue weighted by atomic mass is 16.5. The van der Waals surface area contributed by atoms with Crippen LogP contribution in [0.3, 0.4) is 0 Å². The molecule has 5 nitrogen and oxygen atoms in total. The van der Waals surface area contributed by atoms with Gasteiger partial charge in [0.25, 0.3) is 5.91 Å². The maximum atomic E-state index is 12.6. The second-order valence-corrected chi connectivity index (χ2v) is 7.25. The van der Waals surface area contributed by atoms with Crippen LogP contribution in [0.2, 0.25) is 0 Å². The fourth-order valence-electron chi connectivity index (χ4n) is 2.54. The Kier molecular flexibility index (Phi) is 5.12. The summed E-state index contributed by atoms with van der Waals surface area (Å²) in [6.45, 7) is 6.22. The largest absolute Gasteiger partial charge is 0.506 e. The van der Waals surface area contributed by atoms with Crippen molar-refractivity contribution in [2.75, 3.05) is 5.32 Å². The van der Waals surface area contributed by atoms with Crippen molar-refractivity contribution in [3.8, 4) is 17.2 Å². The molecule has 138 valence electrons. The number of amides is 1. The number of aromatic nitrogens is 1. The molecule has 3 aromatic rings. The van der Waals surface area contributed by atoms with Crippen LogP contribution < -0.4 is 10.1 Å². The van der Waals surface area contributed by atoms with Gasteiger partial charge >= 0.3 is 0 Å². The highest BCUT2D eigenvalue weighted by molar-refractivity contribution is 6.05. The predicted molar refractivity (Wildman–Crippen MR) is 106 cm³/mol. The molecule has 0 saturated heterocycles. The van der Waals surface area contributed by atoms with Gasteiger partial charge < -0.3 is 15.2 Å². The first-order chi connectivity index (χ1) is 12.8. The summed E-state index contributed by atoms with van der Waals surface area (Å²) in [5.74, 6) is 0.886. The van der Waals surface area contributed by atoms with Gasteiger partial charge in [-0.15, -0.1) is 0 Å². The van der Waals surface area contributed by atoms with E-state index in [9.17, 15) is 9.90 Å². The minimum atomic E-state index is -0.323. The molecular weight excluding hydrogens is 340 g/mol. The van der Waals surface area contributed by atoms with Crippen LogP contribution in [0.4, 0.5) is 5.69 Å². The molecule has 0 radical (unpaired) electrons. The molecule has 0 aliphatic carbocycles. The number of pyridine rings is 1. The van der Waals surface area contributed by atoms with Crippen molar-refractivity contribution in [2.24, 2.45) is 0 Å². The van der Waals surface area contributed by atoms with Gasteiger partial charge in [0.05, 0.1) is 5.69 Å². The molecule has 0 fully saturated rings. The fraction of sp³-hybridized carbons (Fsp3) is 0.182. The second kappa shape index (κ2) is 7.50. The Morgan fingerprint density at radius 2 is 1.74 bits per heavy atom. The summed E-state index contributed by atoms with van der Waals surface area (Å²) in [5, 5.41) is 12.9. The molecule has 1 amide bonds. The third-order valence-corrected chi connectivity index (χ3v) is 4.09. The summed E-state index contributed by atoms with van der Waals surface area (Å²) in [4.78, 5) is 16.6. The smallest absolute Gasteiger partial charge is 0.255 e. The summed E-state index contributed by atoms with van der Waals surface area (Å²) >= 11 is 0. The number of carbonyl (C=O) groups excluding carboxylic acids is 1. The van der Waals surface area contributed by atoms with Crippen molar-refractivity contribution < 1.29 is 14.6 Å². The third-order valence-electron chi connectivity index (χ3n) is 4.09. The lowest BCUT2D eigenvalue weighted by atomic mass is 9.87. The van der Waals surface area contributed by atoms with Gasteiger partial charge in [0, 0.05) is 18.0 Å². The van der Waals surface area contributed by atoms with Gasteiger partial charge in [0.2, 0.25) is 0 Å². The number of benzene rings is 2. The van der Waals surface area contributed by atoms with Crippen molar-refractivity contribution in [2.45, 2.75) is 26.2 Å². The van der Waals surface area contributed by atoms with E-state index < -0.39 is 0 Å². The Hall–Kier alpha value is -3.34. The number of ether oxygens (including phenoxy) is 1. The number of phenolic OH excluding ortho intramolecular Hbond substituents is 1. The van der Waals surface area contributed by atoms with E-state index in [0.717, 1.165) is 5.56 Å². The van der Waals surface area contributed by atoms with E-state index in [0.29, 0.717) is 22.7 Å². The molecule has 0 unspecified atom stereocenters. The van der Waals surface area contributed by atoms with Crippen molar-refractivity contribution in [3.05, 3.63) is 78.1 Å². The Balaban J connectivity index is 1.80. The van der Waals surface area contributed by atoms with Gasteiger partial charge in [-0.1, -0.05) is 32.9 Å². The molecule has 5 heteroatoms. The summed E-state index contributed by atoms with van der Waals surface area (Å²) in [7, 11) is 0. The monoisotopic (exact) mass is 362 g/mol. The van der Waals surface area contributed by atoms with E-state index in [4.69, 9.17) is 4.74 Å². The summed E-state index contributed by atoms with van der Waals surface area (Å²) < 4.78 is 5.74. The predicted octanol–water partition coefficient (Wildman–Crippen LogP) is 5.13. The van der Waals surface area contributed by atoms with Gasteiger partial charge in [-0.2, -0.15) is 0 Å². The molecule has 0 spiro atoms. The maximum Gasteiger partial charge on any atom is 0.255 e. The number of hydrogen-bond donors (Lipinski definition) is 2. The van der Waals surface area contributed by atoms with Crippen LogP contribution in [0.5, 0.6) is 17.2 Å². The minimum absolute atomic E-state index is 0.0283. The SMILES string of the molecule is CC(C)(C)c1ccc(O)c(NC(=O)c2cccc(Oc3ccncc3)c2)c1. The second-order valence-electron chi connectivity index (χ2n) is 7.25. The average molecular weight is 362 g/mol. The normalized spacial score (nSPS) is 11.1. The van der Waals surface area contributed by atoms with Gasteiger partial charge in [-0.05, 0) is 53.4 Å². The first-order valence-corrected chi connectivity index (χ1v) is 8.66. The molecule has 27 heavy (non-hydrogen) atoms. The van der Waals surface area contributed by atoms with Gasteiger partial charge in [0.1, 0.15) is 17.2 Å². The molecule has 2 N–H and O–H groups in total. The number of rotatable bonds is 4. The summed E-state index contributed by atoms with van der Waals surface area (Å²) in [6, 6.07) is 15.6. The molecule has 0 aliphatic rings. The maximum absolute atomic E-state index is 12.6. The highest BCUT2D eigenvalue weighted by Crippen LogP contribution is 2.31. The lowest BCUT2D eigenvalue weighted by Crippen LogP contribution is -2.15. The third kappa shape index (κ3) is 4.64. The zero-order valence-electron chi connectivity index (χ0n) is 15.6. The molecule has 0 saturated carbocycles. The number of anilines is 1.